The molecule has 0 atom stereocenters. The van der Waals surface area contributed by atoms with Crippen molar-refractivity contribution in [3.63, 3.8) is 0 Å². The summed E-state index contributed by atoms with van der Waals surface area (Å²) in [5, 5.41) is 19.6. The Hall–Kier alpha value is -3.13. The lowest BCUT2D eigenvalue weighted by atomic mass is 10.1. The normalized spacial score (nSPS) is 10.1. The molecule has 0 radical (unpaired) electrons. The second kappa shape index (κ2) is 8.82. The maximum absolute atomic E-state index is 12.0. The van der Waals surface area contributed by atoms with Gasteiger partial charge >= 0.3 is 0 Å². The van der Waals surface area contributed by atoms with E-state index in [1.807, 2.05) is 12.1 Å². The lowest BCUT2D eigenvalue weighted by molar-refractivity contribution is -0.384. The van der Waals surface area contributed by atoms with Crippen LogP contribution in [0.3, 0.4) is 0 Å². The number of nitro benzene ring substituents is 1. The van der Waals surface area contributed by atoms with Crippen LogP contribution in [-0.4, -0.2) is 30.3 Å². The Morgan fingerprint density at radius 2 is 1.92 bits per heavy atom. The van der Waals surface area contributed by atoms with Crippen molar-refractivity contribution in [1.29, 1.82) is 0 Å². The number of hydrogen-bond donors (Lipinski definition) is 3. The summed E-state index contributed by atoms with van der Waals surface area (Å²) in [6.45, 7) is 0.0817. The van der Waals surface area contributed by atoms with Crippen LogP contribution in [0.15, 0.2) is 42.5 Å². The topological polar surface area (TPSA) is 113 Å². The molecule has 0 aliphatic rings. The molecule has 0 aliphatic carbocycles. The van der Waals surface area contributed by atoms with E-state index in [0.717, 1.165) is 11.6 Å². The van der Waals surface area contributed by atoms with Crippen LogP contribution >= 0.6 is 11.6 Å². The predicted molar refractivity (Wildman–Crippen MR) is 98.3 cm³/mol. The van der Waals surface area contributed by atoms with Crippen LogP contribution in [0.5, 0.6) is 0 Å². The van der Waals surface area contributed by atoms with Crippen molar-refractivity contribution >= 4 is 34.8 Å². The second-order valence-electron chi connectivity index (χ2n) is 5.29. The number of rotatable bonds is 7. The highest BCUT2D eigenvalue weighted by Gasteiger charge is 2.18. The van der Waals surface area contributed by atoms with Gasteiger partial charge in [0.2, 0.25) is 5.91 Å². The van der Waals surface area contributed by atoms with Crippen molar-refractivity contribution in [2.45, 2.75) is 6.54 Å². The van der Waals surface area contributed by atoms with Gasteiger partial charge in [-0.3, -0.25) is 19.7 Å². The third-order valence-electron chi connectivity index (χ3n) is 3.57. The lowest BCUT2D eigenvalue weighted by Gasteiger charge is -2.10. The van der Waals surface area contributed by atoms with E-state index in [1.54, 1.807) is 12.1 Å². The van der Waals surface area contributed by atoms with Gasteiger partial charge in [0.15, 0.2) is 0 Å². The third-order valence-corrected chi connectivity index (χ3v) is 3.94. The van der Waals surface area contributed by atoms with Gasteiger partial charge in [0.25, 0.3) is 11.6 Å². The predicted octanol–water partition coefficient (Wildman–Crippen LogP) is 2.34. The zero-order valence-corrected chi connectivity index (χ0v) is 14.7. The number of nitrogens with one attached hydrogen (secondary N) is 3. The van der Waals surface area contributed by atoms with Gasteiger partial charge < -0.3 is 16.0 Å². The first kappa shape index (κ1) is 19.2. The molecule has 8 nitrogen and oxygen atoms in total. The number of hydrogen-bond acceptors (Lipinski definition) is 5. The highest BCUT2D eigenvalue weighted by molar-refractivity contribution is 6.31. The van der Waals surface area contributed by atoms with E-state index in [2.05, 4.69) is 16.0 Å². The van der Waals surface area contributed by atoms with E-state index < -0.39 is 10.8 Å². The van der Waals surface area contributed by atoms with Crippen LogP contribution in [0.25, 0.3) is 0 Å². The number of amides is 2. The van der Waals surface area contributed by atoms with E-state index in [1.165, 1.54) is 19.2 Å². The van der Waals surface area contributed by atoms with E-state index in [9.17, 15) is 19.7 Å². The van der Waals surface area contributed by atoms with Crippen LogP contribution in [0.4, 0.5) is 11.4 Å². The fourth-order valence-corrected chi connectivity index (χ4v) is 2.36. The Morgan fingerprint density at radius 1 is 1.19 bits per heavy atom. The van der Waals surface area contributed by atoms with Crippen molar-refractivity contribution in [2.24, 2.45) is 0 Å². The smallest absolute Gasteiger partial charge is 0.293 e. The van der Waals surface area contributed by atoms with Crippen molar-refractivity contribution < 1.29 is 14.5 Å². The number of anilines is 1. The minimum absolute atomic E-state index is 0.0869. The summed E-state index contributed by atoms with van der Waals surface area (Å²) in [4.78, 5) is 33.9. The summed E-state index contributed by atoms with van der Waals surface area (Å²) in [7, 11) is 1.44. The summed E-state index contributed by atoms with van der Waals surface area (Å²) in [5.74, 6) is -0.944. The van der Waals surface area contributed by atoms with Crippen molar-refractivity contribution in [3.05, 3.63) is 68.7 Å². The van der Waals surface area contributed by atoms with Gasteiger partial charge in [0.05, 0.1) is 11.5 Å². The molecular weight excluding hydrogens is 360 g/mol. The number of benzene rings is 2. The van der Waals surface area contributed by atoms with Gasteiger partial charge in [0.1, 0.15) is 5.69 Å². The molecular formula is C17H17ClN4O4. The minimum Gasteiger partial charge on any atom is -0.375 e. The van der Waals surface area contributed by atoms with Gasteiger partial charge in [-0.25, -0.2) is 0 Å². The highest BCUT2D eigenvalue weighted by atomic mass is 35.5. The quantitative estimate of drug-likeness (QED) is 0.507. The lowest BCUT2D eigenvalue weighted by Crippen LogP contribution is -2.35. The molecule has 2 amide bonds. The third kappa shape index (κ3) is 4.93. The van der Waals surface area contributed by atoms with Crippen molar-refractivity contribution in [2.75, 3.05) is 18.9 Å². The standard InChI is InChI=1S/C17H17ClN4O4/c1-19-16(23)10-21-17(24)11-6-7-14(15(8-11)22(25)26)20-9-12-4-2-3-5-13(12)18/h2-8,20H,9-10H2,1H3,(H,19,23)(H,21,24). The molecule has 0 fully saturated rings. The Morgan fingerprint density at radius 3 is 2.58 bits per heavy atom. The van der Waals surface area contributed by atoms with Crippen molar-refractivity contribution in [3.8, 4) is 0 Å². The number of nitro groups is 1. The number of carbonyl (C=O) groups excluding carboxylic acids is 2. The molecule has 0 aromatic heterocycles. The molecule has 0 aliphatic heterocycles. The first-order valence-corrected chi connectivity index (χ1v) is 8.04. The largest absolute Gasteiger partial charge is 0.375 e. The fraction of sp³-hybridized carbons (Fsp3) is 0.176. The van der Waals surface area contributed by atoms with E-state index in [-0.39, 0.29) is 29.4 Å². The van der Waals surface area contributed by atoms with E-state index in [4.69, 9.17) is 11.6 Å². The molecule has 9 heteroatoms. The Bertz CT molecular complexity index is 841. The number of likely N-dealkylation sites (N-methyl/N-ethyl adjacent to an activating group) is 1. The minimum atomic E-state index is -0.579. The first-order chi connectivity index (χ1) is 12.4. The number of nitrogens with zero attached hydrogens (tertiary/aromatic N) is 1. The van der Waals surface area contributed by atoms with Gasteiger partial charge in [-0.15, -0.1) is 0 Å². The molecule has 3 N–H and O–H groups in total. The van der Waals surface area contributed by atoms with E-state index >= 15 is 0 Å². The summed E-state index contributed by atoms with van der Waals surface area (Å²) in [6, 6.07) is 11.2. The summed E-state index contributed by atoms with van der Waals surface area (Å²) >= 11 is 6.07. The first-order valence-electron chi connectivity index (χ1n) is 7.67. The zero-order valence-electron chi connectivity index (χ0n) is 13.9. The highest BCUT2D eigenvalue weighted by Crippen LogP contribution is 2.27. The van der Waals surface area contributed by atoms with Gasteiger partial charge in [-0.2, -0.15) is 0 Å². The molecule has 136 valence electrons. The molecule has 0 bridgehead atoms. The Labute approximate surface area is 154 Å². The number of halogens is 1. The fourth-order valence-electron chi connectivity index (χ4n) is 2.16. The molecule has 0 unspecified atom stereocenters. The summed E-state index contributed by atoms with van der Waals surface area (Å²) < 4.78 is 0. The Balaban J connectivity index is 2.15. The van der Waals surface area contributed by atoms with Crippen LogP contribution in [0.1, 0.15) is 15.9 Å². The monoisotopic (exact) mass is 376 g/mol. The maximum atomic E-state index is 12.0. The molecule has 2 rings (SSSR count). The van der Waals surface area contributed by atoms with Crippen LogP contribution in [-0.2, 0) is 11.3 Å². The summed E-state index contributed by atoms with van der Waals surface area (Å²) in [5.41, 5.74) is 0.891. The summed E-state index contributed by atoms with van der Waals surface area (Å²) in [6.07, 6.45) is 0. The molecule has 0 heterocycles. The van der Waals surface area contributed by atoms with E-state index in [0.29, 0.717) is 11.6 Å². The SMILES string of the molecule is CNC(=O)CNC(=O)c1ccc(NCc2ccccc2Cl)c([N+](=O)[O-])c1. The molecule has 0 spiro atoms. The van der Waals surface area contributed by atoms with Crippen LogP contribution in [0.2, 0.25) is 5.02 Å². The van der Waals surface area contributed by atoms with Crippen LogP contribution in [0, 0.1) is 10.1 Å². The zero-order chi connectivity index (χ0) is 19.1. The molecule has 26 heavy (non-hydrogen) atoms. The second-order valence-corrected chi connectivity index (χ2v) is 5.70. The maximum Gasteiger partial charge on any atom is 0.293 e. The molecule has 0 saturated carbocycles. The molecule has 0 saturated heterocycles. The average Bonchev–Trinajstić information content (AvgIpc) is 2.64. The molecule has 2 aromatic carbocycles. The average molecular weight is 377 g/mol. The van der Waals surface area contributed by atoms with Crippen molar-refractivity contribution in [1.82, 2.24) is 10.6 Å². The number of carbonyl (C=O) groups is 2. The molecule has 2 aromatic rings. The van der Waals surface area contributed by atoms with Crippen LogP contribution < -0.4 is 16.0 Å². The van der Waals surface area contributed by atoms with Gasteiger partial charge in [-0.1, -0.05) is 29.8 Å². The van der Waals surface area contributed by atoms with Gasteiger partial charge in [0, 0.05) is 30.2 Å². The Kier molecular flexibility index (Phi) is 6.51. The van der Waals surface area contributed by atoms with Gasteiger partial charge in [-0.05, 0) is 23.8 Å².